The van der Waals surface area contributed by atoms with E-state index in [9.17, 15) is 0 Å². The summed E-state index contributed by atoms with van der Waals surface area (Å²) in [4.78, 5) is 0. The van der Waals surface area contributed by atoms with Crippen molar-refractivity contribution in [2.45, 2.75) is 20.8 Å². The molecule has 0 saturated carbocycles. The van der Waals surface area contributed by atoms with Gasteiger partial charge in [0.1, 0.15) is 11.5 Å². The monoisotopic (exact) mass is 357 g/mol. The molecule has 0 fully saturated rings. The maximum absolute atomic E-state index is 5.40. The molecule has 0 unspecified atom stereocenters. The Morgan fingerprint density at radius 2 is 1.84 bits per heavy atom. The van der Waals surface area contributed by atoms with E-state index in [1.54, 1.807) is 14.2 Å². The molecule has 2 aromatic rings. The van der Waals surface area contributed by atoms with Crippen LogP contribution in [0.25, 0.3) is 0 Å². The summed E-state index contributed by atoms with van der Waals surface area (Å²) < 4.78 is 10.6. The lowest BCUT2D eigenvalue weighted by molar-refractivity contribution is 0.394. The minimum absolute atomic E-state index is 0.431. The number of ether oxygens (including phenoxy) is 2. The summed E-state index contributed by atoms with van der Waals surface area (Å²) >= 11 is 5.33. The van der Waals surface area contributed by atoms with E-state index in [2.05, 4.69) is 35.8 Å². The van der Waals surface area contributed by atoms with E-state index in [1.165, 1.54) is 5.56 Å². The Morgan fingerprint density at radius 3 is 2.52 bits per heavy atom. The molecule has 2 N–H and O–H groups in total. The molecule has 5 nitrogen and oxygen atoms in total. The number of aryl methyl sites for hydroxylation is 1. The van der Waals surface area contributed by atoms with Crippen LogP contribution in [-0.2, 0) is 0 Å². The van der Waals surface area contributed by atoms with Crippen LogP contribution in [0.3, 0.4) is 0 Å². The number of hydrogen-bond acceptors (Lipinski definition) is 4. The Kier molecular flexibility index (Phi) is 6.36. The van der Waals surface area contributed by atoms with Crippen molar-refractivity contribution in [2.75, 3.05) is 19.5 Å². The molecular formula is C19H23N3O2S. The summed E-state index contributed by atoms with van der Waals surface area (Å²) in [7, 11) is 3.24. The van der Waals surface area contributed by atoms with Crippen molar-refractivity contribution < 1.29 is 9.47 Å². The zero-order valence-electron chi connectivity index (χ0n) is 15.1. The van der Waals surface area contributed by atoms with Gasteiger partial charge < -0.3 is 14.8 Å². The molecule has 0 aliphatic rings. The van der Waals surface area contributed by atoms with Crippen LogP contribution in [0.4, 0.5) is 5.69 Å². The predicted octanol–water partition coefficient (Wildman–Crippen LogP) is 4.03. The lowest BCUT2D eigenvalue weighted by Crippen LogP contribution is -2.25. The van der Waals surface area contributed by atoms with Crippen molar-refractivity contribution in [3.8, 4) is 11.5 Å². The van der Waals surface area contributed by atoms with E-state index in [0.29, 0.717) is 10.9 Å². The molecular weight excluding hydrogens is 334 g/mol. The molecule has 0 radical (unpaired) electrons. The summed E-state index contributed by atoms with van der Waals surface area (Å²) in [6.07, 6.45) is 0. The van der Waals surface area contributed by atoms with E-state index < -0.39 is 0 Å². The molecule has 2 aromatic carbocycles. The Bertz CT molecular complexity index is 803. The van der Waals surface area contributed by atoms with Crippen molar-refractivity contribution in [1.82, 2.24) is 5.43 Å². The first-order valence-electron chi connectivity index (χ1n) is 7.86. The van der Waals surface area contributed by atoms with E-state index in [-0.39, 0.29) is 0 Å². The summed E-state index contributed by atoms with van der Waals surface area (Å²) in [5.41, 5.74) is 7.82. The van der Waals surface area contributed by atoms with E-state index in [0.717, 1.165) is 28.3 Å². The first-order chi connectivity index (χ1) is 12.0. The SMILES string of the molecule is COc1ccc(/C(C)=N/NC(=S)Nc2cccc(C)c2C)c(OC)c1. The molecule has 0 bridgehead atoms. The van der Waals surface area contributed by atoms with Crippen LogP contribution in [0.5, 0.6) is 11.5 Å². The van der Waals surface area contributed by atoms with Crippen LogP contribution in [0.2, 0.25) is 0 Å². The molecule has 132 valence electrons. The summed E-state index contributed by atoms with van der Waals surface area (Å²) in [5.74, 6) is 1.42. The first-order valence-corrected chi connectivity index (χ1v) is 8.27. The van der Waals surface area contributed by atoms with Gasteiger partial charge in [0.2, 0.25) is 0 Å². The second-order valence-electron chi connectivity index (χ2n) is 5.58. The first kappa shape index (κ1) is 18.7. The van der Waals surface area contributed by atoms with Crippen LogP contribution in [-0.4, -0.2) is 25.0 Å². The highest BCUT2D eigenvalue weighted by Gasteiger charge is 2.08. The van der Waals surface area contributed by atoms with Gasteiger partial charge in [-0.05, 0) is 62.3 Å². The Hall–Kier alpha value is -2.60. The quantitative estimate of drug-likeness (QED) is 0.481. The fourth-order valence-electron chi connectivity index (χ4n) is 2.33. The van der Waals surface area contributed by atoms with Crippen molar-refractivity contribution in [2.24, 2.45) is 5.10 Å². The number of nitrogens with one attached hydrogen (secondary N) is 2. The van der Waals surface area contributed by atoms with Gasteiger partial charge in [-0.1, -0.05) is 12.1 Å². The van der Waals surface area contributed by atoms with Gasteiger partial charge in [-0.25, -0.2) is 0 Å². The highest BCUT2D eigenvalue weighted by Crippen LogP contribution is 2.25. The van der Waals surface area contributed by atoms with Crippen molar-refractivity contribution in [1.29, 1.82) is 0 Å². The number of nitrogens with zero attached hydrogens (tertiary/aromatic N) is 1. The third kappa shape index (κ3) is 4.70. The van der Waals surface area contributed by atoms with Crippen LogP contribution in [0.1, 0.15) is 23.6 Å². The van der Waals surface area contributed by atoms with Gasteiger partial charge in [0.05, 0.1) is 19.9 Å². The lowest BCUT2D eigenvalue weighted by atomic mass is 10.1. The van der Waals surface area contributed by atoms with Gasteiger partial charge in [0.15, 0.2) is 5.11 Å². The van der Waals surface area contributed by atoms with E-state index >= 15 is 0 Å². The van der Waals surface area contributed by atoms with E-state index in [4.69, 9.17) is 21.7 Å². The minimum Gasteiger partial charge on any atom is -0.497 e. The number of anilines is 1. The third-order valence-corrected chi connectivity index (χ3v) is 4.17. The number of methoxy groups -OCH3 is 2. The molecule has 25 heavy (non-hydrogen) atoms. The molecule has 0 atom stereocenters. The number of rotatable bonds is 5. The van der Waals surface area contributed by atoms with Gasteiger partial charge >= 0.3 is 0 Å². The highest BCUT2D eigenvalue weighted by atomic mass is 32.1. The largest absolute Gasteiger partial charge is 0.497 e. The van der Waals surface area contributed by atoms with Gasteiger partial charge in [0.25, 0.3) is 0 Å². The topological polar surface area (TPSA) is 54.9 Å². The smallest absolute Gasteiger partial charge is 0.191 e. The average Bonchev–Trinajstić information content (AvgIpc) is 2.62. The normalized spacial score (nSPS) is 11.0. The van der Waals surface area contributed by atoms with Gasteiger partial charge in [-0.15, -0.1) is 0 Å². The van der Waals surface area contributed by atoms with Gasteiger partial charge in [-0.2, -0.15) is 5.10 Å². The third-order valence-electron chi connectivity index (χ3n) is 3.98. The summed E-state index contributed by atoms with van der Waals surface area (Å²) in [5, 5.41) is 7.95. The number of benzene rings is 2. The number of hydrazone groups is 1. The van der Waals surface area contributed by atoms with Crippen molar-refractivity contribution in [3.05, 3.63) is 53.1 Å². The number of hydrogen-bond donors (Lipinski definition) is 2. The molecule has 0 heterocycles. The molecule has 0 saturated heterocycles. The highest BCUT2D eigenvalue weighted by molar-refractivity contribution is 7.80. The zero-order valence-corrected chi connectivity index (χ0v) is 16.0. The average molecular weight is 357 g/mol. The van der Waals surface area contributed by atoms with Gasteiger partial charge in [0, 0.05) is 17.3 Å². The lowest BCUT2D eigenvalue weighted by Gasteiger charge is -2.13. The maximum Gasteiger partial charge on any atom is 0.191 e. The van der Waals surface area contributed by atoms with E-state index in [1.807, 2.05) is 37.3 Å². The molecule has 0 aliphatic carbocycles. The minimum atomic E-state index is 0.431. The van der Waals surface area contributed by atoms with Gasteiger partial charge in [-0.3, -0.25) is 5.43 Å². The van der Waals surface area contributed by atoms with Crippen molar-refractivity contribution in [3.63, 3.8) is 0 Å². The molecule has 2 rings (SSSR count). The predicted molar refractivity (Wildman–Crippen MR) is 107 cm³/mol. The molecule has 0 amide bonds. The second-order valence-corrected chi connectivity index (χ2v) is 5.99. The second kappa shape index (κ2) is 8.48. The standard InChI is InChI=1S/C19H23N3O2S/c1-12-7-6-8-17(13(12)2)20-19(25)22-21-14(3)16-10-9-15(23-4)11-18(16)24-5/h6-11H,1-5H3,(H2,20,22,25)/b21-14+. The van der Waals surface area contributed by atoms with Crippen LogP contribution >= 0.6 is 12.2 Å². The summed E-state index contributed by atoms with van der Waals surface area (Å²) in [6.45, 7) is 6.00. The molecule has 0 aliphatic heterocycles. The Balaban J connectivity index is 2.10. The molecule has 0 spiro atoms. The zero-order chi connectivity index (χ0) is 18.4. The van der Waals surface area contributed by atoms with Crippen LogP contribution < -0.4 is 20.2 Å². The molecule has 6 heteroatoms. The van der Waals surface area contributed by atoms with Crippen LogP contribution in [0, 0.1) is 13.8 Å². The Labute approximate surface area is 154 Å². The van der Waals surface area contributed by atoms with Crippen LogP contribution in [0.15, 0.2) is 41.5 Å². The maximum atomic E-state index is 5.40. The number of thiocarbonyl (C=S) groups is 1. The Morgan fingerprint density at radius 1 is 1.08 bits per heavy atom. The summed E-state index contributed by atoms with van der Waals surface area (Å²) in [6, 6.07) is 11.6. The van der Waals surface area contributed by atoms with Crippen molar-refractivity contribution >= 4 is 28.7 Å². The fourth-order valence-corrected chi connectivity index (χ4v) is 2.48. The fraction of sp³-hybridized carbons (Fsp3) is 0.263. The molecule has 0 aromatic heterocycles.